The van der Waals surface area contributed by atoms with Crippen molar-refractivity contribution in [2.24, 2.45) is 5.92 Å². The van der Waals surface area contributed by atoms with Gasteiger partial charge in [0.15, 0.2) is 0 Å². The lowest BCUT2D eigenvalue weighted by molar-refractivity contribution is -0.120. The van der Waals surface area contributed by atoms with Gasteiger partial charge in [-0.2, -0.15) is 0 Å². The molecule has 1 aromatic carbocycles. The first-order valence-corrected chi connectivity index (χ1v) is 8.84. The van der Waals surface area contributed by atoms with Crippen LogP contribution in [0.3, 0.4) is 0 Å². The molecule has 1 heterocycles. The molecule has 116 valence electrons. The first kappa shape index (κ1) is 15.8. The Morgan fingerprint density at radius 1 is 1.29 bits per heavy atom. The van der Waals surface area contributed by atoms with Crippen molar-refractivity contribution >= 4 is 27.3 Å². The Morgan fingerprint density at radius 3 is 2.57 bits per heavy atom. The van der Waals surface area contributed by atoms with Crippen LogP contribution in [0.15, 0.2) is 18.2 Å². The Kier molecular flexibility index (Phi) is 4.84. The number of anilines is 2. The number of benzene rings is 1. The molecule has 1 fully saturated rings. The van der Waals surface area contributed by atoms with Crippen molar-refractivity contribution in [3.63, 3.8) is 0 Å². The number of hydrogen-bond acceptors (Lipinski definition) is 4. The number of nitrogens with one attached hydrogen (secondary N) is 3. The molecule has 2 rings (SSSR count). The minimum Gasteiger partial charge on any atom is -0.326 e. The van der Waals surface area contributed by atoms with Gasteiger partial charge in [0.25, 0.3) is 0 Å². The van der Waals surface area contributed by atoms with Gasteiger partial charge in [0, 0.05) is 11.6 Å². The van der Waals surface area contributed by atoms with E-state index in [0.717, 1.165) is 37.8 Å². The van der Waals surface area contributed by atoms with E-state index in [9.17, 15) is 13.2 Å². The Labute approximate surface area is 125 Å². The molecule has 0 unspecified atom stereocenters. The number of rotatable bonds is 4. The van der Waals surface area contributed by atoms with Gasteiger partial charge < -0.3 is 10.6 Å². The Morgan fingerprint density at radius 2 is 1.95 bits per heavy atom. The van der Waals surface area contributed by atoms with E-state index < -0.39 is 10.0 Å². The van der Waals surface area contributed by atoms with Crippen LogP contribution < -0.4 is 15.4 Å². The fourth-order valence-corrected chi connectivity index (χ4v) is 2.96. The first-order chi connectivity index (χ1) is 9.85. The number of amides is 1. The van der Waals surface area contributed by atoms with E-state index in [1.165, 1.54) is 0 Å². The largest absolute Gasteiger partial charge is 0.326 e. The van der Waals surface area contributed by atoms with E-state index in [2.05, 4.69) is 15.4 Å². The summed E-state index contributed by atoms with van der Waals surface area (Å²) in [5.74, 6) is 0.00419. The predicted molar refractivity (Wildman–Crippen MR) is 83.9 cm³/mol. The van der Waals surface area contributed by atoms with Crippen molar-refractivity contribution < 1.29 is 13.2 Å². The molecule has 0 aromatic heterocycles. The SMILES string of the molecule is Cc1ccc(NC(=O)C2CCNCC2)cc1NS(C)(=O)=O. The first-order valence-electron chi connectivity index (χ1n) is 6.95. The average molecular weight is 311 g/mol. The molecule has 1 aliphatic heterocycles. The number of piperidine rings is 1. The topological polar surface area (TPSA) is 87.3 Å². The van der Waals surface area contributed by atoms with Gasteiger partial charge in [-0.15, -0.1) is 0 Å². The molecule has 0 saturated carbocycles. The maximum absolute atomic E-state index is 12.2. The van der Waals surface area contributed by atoms with Gasteiger partial charge in [0.2, 0.25) is 15.9 Å². The molecule has 3 N–H and O–H groups in total. The fourth-order valence-electron chi connectivity index (χ4n) is 2.34. The van der Waals surface area contributed by atoms with Gasteiger partial charge in [-0.3, -0.25) is 9.52 Å². The zero-order valence-electron chi connectivity index (χ0n) is 12.3. The van der Waals surface area contributed by atoms with E-state index in [0.29, 0.717) is 11.4 Å². The summed E-state index contributed by atoms with van der Waals surface area (Å²) >= 11 is 0. The van der Waals surface area contributed by atoms with Crippen molar-refractivity contribution in [3.05, 3.63) is 23.8 Å². The second kappa shape index (κ2) is 6.44. The van der Waals surface area contributed by atoms with Crippen molar-refractivity contribution in [3.8, 4) is 0 Å². The van der Waals surface area contributed by atoms with Crippen molar-refractivity contribution in [2.45, 2.75) is 19.8 Å². The van der Waals surface area contributed by atoms with Crippen LogP contribution in [0, 0.1) is 12.8 Å². The lowest BCUT2D eigenvalue weighted by Crippen LogP contribution is -2.34. The van der Waals surface area contributed by atoms with Crippen LogP contribution >= 0.6 is 0 Å². The number of hydrogen-bond donors (Lipinski definition) is 3. The molecule has 0 radical (unpaired) electrons. The summed E-state index contributed by atoms with van der Waals surface area (Å²) in [6, 6.07) is 5.21. The maximum atomic E-state index is 12.2. The summed E-state index contributed by atoms with van der Waals surface area (Å²) in [7, 11) is -3.34. The molecule has 7 heteroatoms. The molecule has 21 heavy (non-hydrogen) atoms. The molecule has 0 bridgehead atoms. The van der Waals surface area contributed by atoms with Gasteiger partial charge in [-0.1, -0.05) is 6.07 Å². The summed E-state index contributed by atoms with van der Waals surface area (Å²) in [6.07, 6.45) is 2.75. The van der Waals surface area contributed by atoms with Crippen LogP contribution in [0.1, 0.15) is 18.4 Å². The summed E-state index contributed by atoms with van der Waals surface area (Å²) in [4.78, 5) is 12.2. The van der Waals surface area contributed by atoms with E-state index in [4.69, 9.17) is 0 Å². The van der Waals surface area contributed by atoms with Crippen LogP contribution in [0.25, 0.3) is 0 Å². The van der Waals surface area contributed by atoms with E-state index in [-0.39, 0.29) is 11.8 Å². The third kappa shape index (κ3) is 4.71. The molecular weight excluding hydrogens is 290 g/mol. The van der Waals surface area contributed by atoms with Crippen molar-refractivity contribution in [1.29, 1.82) is 0 Å². The molecule has 1 aliphatic rings. The molecule has 0 spiro atoms. The van der Waals surface area contributed by atoms with Gasteiger partial charge in [-0.05, 0) is 50.6 Å². The fraction of sp³-hybridized carbons (Fsp3) is 0.500. The van der Waals surface area contributed by atoms with Crippen LogP contribution in [0.5, 0.6) is 0 Å². The van der Waals surface area contributed by atoms with Crippen LogP contribution in [-0.4, -0.2) is 33.7 Å². The molecule has 1 aromatic rings. The monoisotopic (exact) mass is 311 g/mol. The van der Waals surface area contributed by atoms with E-state index in [1.54, 1.807) is 18.2 Å². The lowest BCUT2D eigenvalue weighted by Gasteiger charge is -2.22. The minimum absolute atomic E-state index is 0.00865. The van der Waals surface area contributed by atoms with Crippen molar-refractivity contribution in [2.75, 3.05) is 29.4 Å². The van der Waals surface area contributed by atoms with Crippen LogP contribution in [0.2, 0.25) is 0 Å². The predicted octanol–water partition coefficient (Wildman–Crippen LogP) is 1.30. The third-order valence-electron chi connectivity index (χ3n) is 3.51. The average Bonchev–Trinajstić information content (AvgIpc) is 2.42. The zero-order chi connectivity index (χ0) is 15.5. The smallest absolute Gasteiger partial charge is 0.229 e. The Bertz CT molecular complexity index is 622. The molecule has 0 atom stereocenters. The highest BCUT2D eigenvalue weighted by Crippen LogP contribution is 2.22. The molecular formula is C14H21N3O3S. The summed E-state index contributed by atoms with van der Waals surface area (Å²) in [5, 5.41) is 6.08. The minimum atomic E-state index is -3.34. The second-order valence-corrected chi connectivity index (χ2v) is 7.17. The van der Waals surface area contributed by atoms with Gasteiger partial charge in [-0.25, -0.2) is 8.42 Å². The zero-order valence-corrected chi connectivity index (χ0v) is 13.1. The summed E-state index contributed by atoms with van der Waals surface area (Å²) in [6.45, 7) is 3.52. The molecule has 1 saturated heterocycles. The highest BCUT2D eigenvalue weighted by atomic mass is 32.2. The Balaban J connectivity index is 2.09. The lowest BCUT2D eigenvalue weighted by atomic mass is 9.97. The van der Waals surface area contributed by atoms with E-state index in [1.807, 2.05) is 6.92 Å². The Hall–Kier alpha value is -1.60. The summed E-state index contributed by atoms with van der Waals surface area (Å²) < 4.78 is 25.1. The quantitative estimate of drug-likeness (QED) is 0.782. The molecule has 0 aliphatic carbocycles. The third-order valence-corrected chi connectivity index (χ3v) is 4.10. The van der Waals surface area contributed by atoms with Gasteiger partial charge in [0.1, 0.15) is 0 Å². The normalized spacial score (nSPS) is 16.5. The standard InChI is InChI=1S/C14H21N3O3S/c1-10-3-4-12(9-13(10)17-21(2,19)20)16-14(18)11-5-7-15-8-6-11/h3-4,9,11,15,17H,5-8H2,1-2H3,(H,16,18). The highest BCUT2D eigenvalue weighted by Gasteiger charge is 2.21. The molecule has 1 amide bonds. The highest BCUT2D eigenvalue weighted by molar-refractivity contribution is 7.92. The van der Waals surface area contributed by atoms with Crippen molar-refractivity contribution in [1.82, 2.24) is 5.32 Å². The molecule has 6 nitrogen and oxygen atoms in total. The summed E-state index contributed by atoms with van der Waals surface area (Å²) in [5.41, 5.74) is 1.90. The van der Waals surface area contributed by atoms with Gasteiger partial charge >= 0.3 is 0 Å². The number of aryl methyl sites for hydroxylation is 1. The second-order valence-electron chi connectivity index (χ2n) is 5.42. The van der Waals surface area contributed by atoms with Gasteiger partial charge in [0.05, 0.1) is 11.9 Å². The number of carbonyl (C=O) groups is 1. The number of carbonyl (C=O) groups excluding carboxylic acids is 1. The number of sulfonamides is 1. The van der Waals surface area contributed by atoms with Crippen LogP contribution in [-0.2, 0) is 14.8 Å². The van der Waals surface area contributed by atoms with E-state index >= 15 is 0 Å². The maximum Gasteiger partial charge on any atom is 0.229 e. The van der Waals surface area contributed by atoms with Crippen LogP contribution in [0.4, 0.5) is 11.4 Å².